The van der Waals surface area contributed by atoms with Gasteiger partial charge in [-0.3, -0.25) is 0 Å². The lowest BCUT2D eigenvalue weighted by atomic mass is 9.95. The van der Waals surface area contributed by atoms with Crippen LogP contribution in [0.15, 0.2) is 30.3 Å². The number of fused-ring (bicyclic) bond motifs is 1. The quantitative estimate of drug-likeness (QED) is 0.881. The Kier molecular flexibility index (Phi) is 4.27. The second-order valence-electron chi connectivity index (χ2n) is 6.45. The summed E-state index contributed by atoms with van der Waals surface area (Å²) in [5.41, 5.74) is 0.108. The van der Waals surface area contributed by atoms with Crippen molar-refractivity contribution in [1.82, 2.24) is 20.1 Å². The highest BCUT2D eigenvalue weighted by molar-refractivity contribution is 5.21. The van der Waals surface area contributed by atoms with Crippen LogP contribution in [0.3, 0.4) is 0 Å². The first-order valence-electron chi connectivity index (χ1n) is 7.93. The summed E-state index contributed by atoms with van der Waals surface area (Å²) in [6.07, 6.45) is 2.11. The van der Waals surface area contributed by atoms with E-state index in [9.17, 15) is 5.11 Å². The first kappa shape index (κ1) is 15.2. The Bertz CT molecular complexity index is 621. The van der Waals surface area contributed by atoms with Crippen molar-refractivity contribution in [2.45, 2.75) is 38.8 Å². The lowest BCUT2D eigenvalue weighted by molar-refractivity contribution is 0.0555. The molecule has 0 unspecified atom stereocenters. The van der Waals surface area contributed by atoms with Gasteiger partial charge in [-0.05, 0) is 38.3 Å². The average Bonchev–Trinajstić information content (AvgIpc) is 2.89. The molecule has 118 valence electrons. The Labute approximate surface area is 131 Å². The van der Waals surface area contributed by atoms with Crippen molar-refractivity contribution in [2.24, 2.45) is 5.92 Å². The van der Waals surface area contributed by atoms with E-state index < -0.39 is 5.60 Å². The number of benzene rings is 1. The molecule has 1 aliphatic rings. The van der Waals surface area contributed by atoms with Crippen molar-refractivity contribution in [2.75, 3.05) is 13.1 Å². The molecule has 1 aromatic heterocycles. The highest BCUT2D eigenvalue weighted by Crippen LogP contribution is 2.21. The van der Waals surface area contributed by atoms with Gasteiger partial charge in [-0.1, -0.05) is 30.3 Å². The third-order valence-corrected chi connectivity index (χ3v) is 4.53. The van der Waals surface area contributed by atoms with E-state index in [1.165, 1.54) is 0 Å². The van der Waals surface area contributed by atoms with Gasteiger partial charge in [0.1, 0.15) is 11.6 Å². The molecule has 5 nitrogen and oxygen atoms in total. The van der Waals surface area contributed by atoms with E-state index in [-0.39, 0.29) is 0 Å². The van der Waals surface area contributed by atoms with Gasteiger partial charge in [-0.2, -0.15) is 0 Å². The minimum atomic E-state index is -0.840. The second kappa shape index (κ2) is 6.18. The Balaban J connectivity index is 1.53. The van der Waals surface area contributed by atoms with Crippen LogP contribution in [0.4, 0.5) is 0 Å². The number of nitrogens with one attached hydrogen (secondary N) is 1. The number of rotatable bonds is 5. The first-order chi connectivity index (χ1) is 10.6. The molecule has 0 fully saturated rings. The van der Waals surface area contributed by atoms with Gasteiger partial charge in [0.25, 0.3) is 0 Å². The fourth-order valence-corrected chi connectivity index (χ4v) is 3.12. The number of aromatic nitrogens is 3. The van der Waals surface area contributed by atoms with Crippen molar-refractivity contribution in [3.05, 3.63) is 47.5 Å². The van der Waals surface area contributed by atoms with Crippen molar-refractivity contribution < 1.29 is 5.11 Å². The summed E-state index contributed by atoms with van der Waals surface area (Å²) in [6, 6.07) is 9.82. The Hall–Kier alpha value is -1.72. The van der Waals surface area contributed by atoms with E-state index in [0.717, 1.165) is 43.1 Å². The lowest BCUT2D eigenvalue weighted by Gasteiger charge is -2.28. The summed E-state index contributed by atoms with van der Waals surface area (Å²) < 4.78 is 2.21. The normalized spacial score (nSPS) is 20.4. The van der Waals surface area contributed by atoms with Crippen molar-refractivity contribution in [3.63, 3.8) is 0 Å². The molecule has 3 rings (SSSR count). The standard InChI is InChI=1S/C17H24N4O/c1-13-19-20-16-9-8-14(11-21(13)16)10-18-12-17(2,22)15-6-4-3-5-7-15/h3-7,14,18,22H,8-12H2,1-2H3/t14-,17-/m1/s1. The number of aryl methyl sites for hydroxylation is 2. The molecule has 22 heavy (non-hydrogen) atoms. The Morgan fingerprint density at radius 2 is 2.09 bits per heavy atom. The van der Waals surface area contributed by atoms with Crippen LogP contribution in [0.1, 0.15) is 30.6 Å². The fraction of sp³-hybridized carbons (Fsp3) is 0.529. The van der Waals surface area contributed by atoms with Crippen LogP contribution >= 0.6 is 0 Å². The Morgan fingerprint density at radius 1 is 1.32 bits per heavy atom. The third-order valence-electron chi connectivity index (χ3n) is 4.53. The molecule has 0 bridgehead atoms. The highest BCUT2D eigenvalue weighted by atomic mass is 16.3. The van der Waals surface area contributed by atoms with Crippen molar-refractivity contribution >= 4 is 0 Å². The largest absolute Gasteiger partial charge is 0.384 e. The summed E-state index contributed by atoms with van der Waals surface area (Å²) in [7, 11) is 0. The maximum atomic E-state index is 10.6. The average molecular weight is 300 g/mol. The molecule has 2 atom stereocenters. The predicted octanol–water partition coefficient (Wildman–Crippen LogP) is 1.65. The molecule has 2 heterocycles. The monoisotopic (exact) mass is 300 g/mol. The van der Waals surface area contributed by atoms with Crippen LogP contribution in [0.5, 0.6) is 0 Å². The van der Waals surface area contributed by atoms with E-state index >= 15 is 0 Å². The molecule has 2 N–H and O–H groups in total. The molecule has 0 saturated carbocycles. The zero-order valence-electron chi connectivity index (χ0n) is 13.3. The minimum absolute atomic E-state index is 0.557. The zero-order chi connectivity index (χ0) is 15.6. The predicted molar refractivity (Wildman–Crippen MR) is 85.5 cm³/mol. The van der Waals surface area contributed by atoms with E-state index in [1.54, 1.807) is 0 Å². The summed E-state index contributed by atoms with van der Waals surface area (Å²) in [5.74, 6) is 2.66. The summed E-state index contributed by atoms with van der Waals surface area (Å²) in [4.78, 5) is 0. The molecular weight excluding hydrogens is 276 g/mol. The highest BCUT2D eigenvalue weighted by Gasteiger charge is 2.24. The minimum Gasteiger partial charge on any atom is -0.384 e. The molecule has 1 aromatic carbocycles. The summed E-state index contributed by atoms with van der Waals surface area (Å²) in [5, 5.41) is 22.4. The maximum absolute atomic E-state index is 10.6. The number of nitrogens with zero attached hydrogens (tertiary/aromatic N) is 3. The van der Waals surface area contributed by atoms with Gasteiger partial charge in [0.15, 0.2) is 0 Å². The zero-order valence-corrected chi connectivity index (χ0v) is 13.3. The SMILES string of the molecule is Cc1nnc2n1C[C@@H](CNC[C@@](C)(O)c1ccccc1)CC2. The van der Waals surface area contributed by atoms with E-state index in [0.29, 0.717) is 12.5 Å². The molecule has 1 aliphatic heterocycles. The number of hydrogen-bond acceptors (Lipinski definition) is 4. The van der Waals surface area contributed by atoms with Crippen LogP contribution in [-0.4, -0.2) is 33.0 Å². The van der Waals surface area contributed by atoms with Crippen molar-refractivity contribution in [1.29, 1.82) is 0 Å². The smallest absolute Gasteiger partial charge is 0.133 e. The van der Waals surface area contributed by atoms with Gasteiger partial charge >= 0.3 is 0 Å². The summed E-state index contributed by atoms with van der Waals surface area (Å²) in [6.45, 7) is 6.29. The van der Waals surface area contributed by atoms with Crippen molar-refractivity contribution in [3.8, 4) is 0 Å². The van der Waals surface area contributed by atoms with Gasteiger partial charge in [0.05, 0.1) is 5.60 Å². The van der Waals surface area contributed by atoms with Gasteiger partial charge in [-0.15, -0.1) is 10.2 Å². The van der Waals surface area contributed by atoms with Gasteiger partial charge in [-0.25, -0.2) is 0 Å². The lowest BCUT2D eigenvalue weighted by Crippen LogP contribution is -2.39. The molecule has 5 heteroatoms. The van der Waals surface area contributed by atoms with E-state index in [4.69, 9.17) is 0 Å². The van der Waals surface area contributed by atoms with Crippen LogP contribution in [0.25, 0.3) is 0 Å². The van der Waals surface area contributed by atoms with Gasteiger partial charge in [0.2, 0.25) is 0 Å². The molecule has 0 spiro atoms. The molecule has 0 amide bonds. The van der Waals surface area contributed by atoms with Crippen LogP contribution in [0.2, 0.25) is 0 Å². The summed E-state index contributed by atoms with van der Waals surface area (Å²) >= 11 is 0. The number of aliphatic hydroxyl groups is 1. The van der Waals surface area contributed by atoms with Crippen LogP contribution in [0, 0.1) is 12.8 Å². The number of hydrogen-bond donors (Lipinski definition) is 2. The molecular formula is C17H24N4O. The molecule has 0 saturated heterocycles. The second-order valence-corrected chi connectivity index (χ2v) is 6.45. The molecule has 0 aliphatic carbocycles. The molecule has 0 radical (unpaired) electrons. The third kappa shape index (κ3) is 3.20. The maximum Gasteiger partial charge on any atom is 0.133 e. The fourth-order valence-electron chi connectivity index (χ4n) is 3.12. The van der Waals surface area contributed by atoms with Crippen LogP contribution in [-0.2, 0) is 18.6 Å². The van der Waals surface area contributed by atoms with Gasteiger partial charge < -0.3 is 15.0 Å². The topological polar surface area (TPSA) is 63.0 Å². The van der Waals surface area contributed by atoms with Crippen LogP contribution < -0.4 is 5.32 Å². The first-order valence-corrected chi connectivity index (χ1v) is 7.93. The van der Waals surface area contributed by atoms with Gasteiger partial charge in [0, 0.05) is 19.5 Å². The molecule has 2 aromatic rings. The Morgan fingerprint density at radius 3 is 2.86 bits per heavy atom. The van der Waals surface area contributed by atoms with E-state index in [1.807, 2.05) is 44.2 Å². The van der Waals surface area contributed by atoms with E-state index in [2.05, 4.69) is 20.1 Å².